The van der Waals surface area contributed by atoms with Gasteiger partial charge >= 0.3 is 0 Å². The predicted molar refractivity (Wildman–Crippen MR) is 80.5 cm³/mol. The summed E-state index contributed by atoms with van der Waals surface area (Å²) in [6, 6.07) is 0. The molecule has 1 aromatic heterocycles. The van der Waals surface area contributed by atoms with Crippen LogP contribution in [0.15, 0.2) is 12.4 Å². The van der Waals surface area contributed by atoms with Gasteiger partial charge in [-0.3, -0.25) is 0 Å². The van der Waals surface area contributed by atoms with Gasteiger partial charge in [-0.1, -0.05) is 12.8 Å². The lowest BCUT2D eigenvalue weighted by molar-refractivity contribution is 0.0176. The quantitative estimate of drug-likeness (QED) is 0.932. The molecule has 1 saturated heterocycles. The minimum Gasteiger partial charge on any atom is -0.374 e. The van der Waals surface area contributed by atoms with E-state index in [1.54, 1.807) is 0 Å². The third-order valence-corrected chi connectivity index (χ3v) is 3.87. The number of morpholine rings is 1. The van der Waals surface area contributed by atoms with E-state index < -0.39 is 0 Å². The second-order valence-corrected chi connectivity index (χ2v) is 5.12. The second-order valence-electron chi connectivity index (χ2n) is 5.12. The molecule has 2 heterocycles. The minimum atomic E-state index is 0. The molecule has 1 aliphatic carbocycles. The Morgan fingerprint density at radius 3 is 2.79 bits per heavy atom. The van der Waals surface area contributed by atoms with E-state index in [0.29, 0.717) is 12.0 Å². The van der Waals surface area contributed by atoms with Crippen LogP contribution in [0.5, 0.6) is 0 Å². The SMILES string of the molecule is Cl.Cl.c1cn(CC2CNCCO2)c(C2CCCC2)n1. The van der Waals surface area contributed by atoms with E-state index in [9.17, 15) is 0 Å². The first kappa shape index (κ1) is 16.8. The topological polar surface area (TPSA) is 39.1 Å². The molecule has 110 valence electrons. The van der Waals surface area contributed by atoms with E-state index in [4.69, 9.17) is 4.74 Å². The number of nitrogens with zero attached hydrogens (tertiary/aromatic N) is 2. The predicted octanol–water partition coefficient (Wildman–Crippen LogP) is 2.37. The van der Waals surface area contributed by atoms with Crippen LogP contribution in [-0.4, -0.2) is 35.4 Å². The Balaban J connectivity index is 0.000000902. The maximum atomic E-state index is 5.76. The summed E-state index contributed by atoms with van der Waals surface area (Å²) >= 11 is 0. The number of imidazole rings is 1. The molecule has 1 N–H and O–H groups in total. The number of ether oxygens (including phenoxy) is 1. The van der Waals surface area contributed by atoms with Crippen LogP contribution in [0.1, 0.15) is 37.4 Å². The molecule has 2 aliphatic rings. The summed E-state index contributed by atoms with van der Waals surface area (Å²) in [7, 11) is 0. The summed E-state index contributed by atoms with van der Waals surface area (Å²) in [6.45, 7) is 3.72. The molecule has 6 heteroatoms. The molecule has 1 unspecified atom stereocenters. The first-order chi connectivity index (χ1) is 8.43. The molecular formula is C13H23Cl2N3O. The van der Waals surface area contributed by atoms with Crippen molar-refractivity contribution in [2.45, 2.75) is 44.2 Å². The Morgan fingerprint density at radius 2 is 2.11 bits per heavy atom. The van der Waals surface area contributed by atoms with Gasteiger partial charge in [0.2, 0.25) is 0 Å². The van der Waals surface area contributed by atoms with Gasteiger partial charge in [-0.05, 0) is 12.8 Å². The van der Waals surface area contributed by atoms with Crippen LogP contribution in [0.4, 0.5) is 0 Å². The lowest BCUT2D eigenvalue weighted by atomic mass is 10.1. The highest BCUT2D eigenvalue weighted by Gasteiger charge is 2.23. The normalized spacial score (nSPS) is 23.7. The maximum Gasteiger partial charge on any atom is 0.111 e. The zero-order valence-electron chi connectivity index (χ0n) is 11.1. The third kappa shape index (κ3) is 4.09. The lowest BCUT2D eigenvalue weighted by Crippen LogP contribution is -2.40. The first-order valence-corrected chi connectivity index (χ1v) is 6.77. The molecule has 0 aromatic carbocycles. The van der Waals surface area contributed by atoms with Gasteiger partial charge in [-0.2, -0.15) is 0 Å². The summed E-state index contributed by atoms with van der Waals surface area (Å²) < 4.78 is 8.06. The fourth-order valence-corrected chi connectivity index (χ4v) is 2.98. The average molecular weight is 308 g/mol. The number of hydrogen-bond acceptors (Lipinski definition) is 3. The molecule has 0 spiro atoms. The van der Waals surface area contributed by atoms with Crippen LogP contribution in [-0.2, 0) is 11.3 Å². The van der Waals surface area contributed by atoms with Crippen LogP contribution in [0, 0.1) is 0 Å². The minimum absolute atomic E-state index is 0. The van der Waals surface area contributed by atoms with E-state index in [1.807, 2.05) is 6.20 Å². The molecule has 19 heavy (non-hydrogen) atoms. The number of nitrogens with one attached hydrogen (secondary N) is 1. The molecule has 0 amide bonds. The molecule has 1 atom stereocenters. The summed E-state index contributed by atoms with van der Waals surface area (Å²) in [6.07, 6.45) is 9.67. The Hall–Kier alpha value is -0.290. The van der Waals surface area contributed by atoms with Crippen LogP contribution in [0.25, 0.3) is 0 Å². The Bertz CT molecular complexity index is 361. The average Bonchev–Trinajstić information content (AvgIpc) is 3.00. The zero-order valence-corrected chi connectivity index (χ0v) is 12.7. The van der Waals surface area contributed by atoms with Gasteiger partial charge < -0.3 is 14.6 Å². The molecule has 2 fully saturated rings. The van der Waals surface area contributed by atoms with Crippen molar-refractivity contribution >= 4 is 24.8 Å². The molecule has 1 aromatic rings. The fourth-order valence-electron chi connectivity index (χ4n) is 2.98. The van der Waals surface area contributed by atoms with Gasteiger partial charge in [0.05, 0.1) is 19.3 Å². The Kier molecular flexibility index (Phi) is 7.15. The van der Waals surface area contributed by atoms with Gasteiger partial charge in [0.25, 0.3) is 0 Å². The van der Waals surface area contributed by atoms with Crippen molar-refractivity contribution in [3.63, 3.8) is 0 Å². The van der Waals surface area contributed by atoms with Crippen molar-refractivity contribution < 1.29 is 4.74 Å². The van der Waals surface area contributed by atoms with Crippen molar-refractivity contribution in [2.75, 3.05) is 19.7 Å². The molecule has 0 radical (unpaired) electrons. The molecule has 1 saturated carbocycles. The van der Waals surface area contributed by atoms with Crippen LogP contribution in [0.2, 0.25) is 0 Å². The van der Waals surface area contributed by atoms with Gasteiger partial charge in [-0.15, -0.1) is 24.8 Å². The summed E-state index contributed by atoms with van der Waals surface area (Å²) in [5.41, 5.74) is 0. The largest absolute Gasteiger partial charge is 0.374 e. The Labute approximate surface area is 127 Å². The molecule has 1 aliphatic heterocycles. The van der Waals surface area contributed by atoms with Crippen LogP contribution >= 0.6 is 24.8 Å². The van der Waals surface area contributed by atoms with Gasteiger partial charge in [0, 0.05) is 31.4 Å². The van der Waals surface area contributed by atoms with Crippen molar-refractivity contribution in [3.05, 3.63) is 18.2 Å². The number of halogens is 2. The van der Waals surface area contributed by atoms with Crippen LogP contribution in [0.3, 0.4) is 0 Å². The van der Waals surface area contributed by atoms with Gasteiger partial charge in [0.1, 0.15) is 5.82 Å². The molecule has 0 bridgehead atoms. The summed E-state index contributed by atoms with van der Waals surface area (Å²) in [5, 5.41) is 3.38. The Morgan fingerprint density at radius 1 is 1.32 bits per heavy atom. The fraction of sp³-hybridized carbons (Fsp3) is 0.769. The zero-order chi connectivity index (χ0) is 11.5. The third-order valence-electron chi connectivity index (χ3n) is 3.87. The highest BCUT2D eigenvalue weighted by molar-refractivity contribution is 5.85. The summed E-state index contributed by atoms with van der Waals surface area (Å²) in [5.74, 6) is 1.96. The van der Waals surface area contributed by atoms with E-state index in [-0.39, 0.29) is 24.8 Å². The smallest absolute Gasteiger partial charge is 0.111 e. The van der Waals surface area contributed by atoms with Crippen molar-refractivity contribution in [2.24, 2.45) is 0 Å². The van der Waals surface area contributed by atoms with Gasteiger partial charge in [-0.25, -0.2) is 4.98 Å². The van der Waals surface area contributed by atoms with Crippen LogP contribution < -0.4 is 5.32 Å². The lowest BCUT2D eigenvalue weighted by Gasteiger charge is -2.25. The second kappa shape index (κ2) is 8.10. The summed E-state index contributed by atoms with van der Waals surface area (Å²) in [4.78, 5) is 4.55. The molecule has 4 nitrogen and oxygen atoms in total. The van der Waals surface area contributed by atoms with E-state index >= 15 is 0 Å². The first-order valence-electron chi connectivity index (χ1n) is 6.77. The van der Waals surface area contributed by atoms with Crippen molar-refractivity contribution in [1.29, 1.82) is 0 Å². The molecular weight excluding hydrogens is 285 g/mol. The van der Waals surface area contributed by atoms with E-state index in [2.05, 4.69) is 21.1 Å². The highest BCUT2D eigenvalue weighted by atomic mass is 35.5. The van der Waals surface area contributed by atoms with E-state index in [0.717, 1.165) is 26.2 Å². The number of rotatable bonds is 3. The van der Waals surface area contributed by atoms with Crippen molar-refractivity contribution in [1.82, 2.24) is 14.9 Å². The number of aromatic nitrogens is 2. The monoisotopic (exact) mass is 307 g/mol. The highest BCUT2D eigenvalue weighted by Crippen LogP contribution is 2.33. The van der Waals surface area contributed by atoms with Gasteiger partial charge in [0.15, 0.2) is 0 Å². The van der Waals surface area contributed by atoms with E-state index in [1.165, 1.54) is 31.5 Å². The molecule has 3 rings (SSSR count). The maximum absolute atomic E-state index is 5.76. The van der Waals surface area contributed by atoms with Crippen molar-refractivity contribution in [3.8, 4) is 0 Å². The standard InChI is InChI=1S/C13H21N3O.2ClH/c1-2-4-11(3-1)13-15-5-7-16(13)10-12-9-14-6-8-17-12;;/h5,7,11-12,14H,1-4,6,8-10H2;2*1H. The number of hydrogen-bond donors (Lipinski definition) is 1.